The first-order valence-corrected chi connectivity index (χ1v) is 16.5. The summed E-state index contributed by atoms with van der Waals surface area (Å²) in [7, 11) is 2.29. The minimum atomic E-state index is -3.26. The lowest BCUT2D eigenvalue weighted by Crippen LogP contribution is -2.41. The summed E-state index contributed by atoms with van der Waals surface area (Å²) in [6.07, 6.45) is 6.60. The van der Waals surface area contributed by atoms with Crippen molar-refractivity contribution in [1.29, 1.82) is 0 Å². The summed E-state index contributed by atoms with van der Waals surface area (Å²) in [5.41, 5.74) is 5.96. The van der Waals surface area contributed by atoms with E-state index in [1.54, 1.807) is 38.3 Å². The molecule has 0 bridgehead atoms. The van der Waals surface area contributed by atoms with E-state index in [2.05, 4.69) is 23.5 Å². The van der Waals surface area contributed by atoms with Crippen molar-refractivity contribution in [2.45, 2.75) is 68.2 Å². The molecule has 1 aliphatic heterocycles. The molecule has 2 aliphatic carbocycles. The number of benzene rings is 2. The van der Waals surface area contributed by atoms with Crippen LogP contribution in [0.5, 0.6) is 5.88 Å². The van der Waals surface area contributed by atoms with Crippen LogP contribution in [0.15, 0.2) is 47.4 Å². The van der Waals surface area contributed by atoms with Gasteiger partial charge in [-0.05, 0) is 66.6 Å². The highest BCUT2D eigenvalue weighted by atomic mass is 32.2. The molecule has 2 saturated carbocycles. The smallest absolute Gasteiger partial charge is 0.322 e. The van der Waals surface area contributed by atoms with Gasteiger partial charge in [0.1, 0.15) is 0 Å². The van der Waals surface area contributed by atoms with Gasteiger partial charge in [0.25, 0.3) is 0 Å². The number of nitrogens with one attached hydrogen (secondary N) is 1. The molecule has 3 aromatic rings. The number of anilines is 2. The van der Waals surface area contributed by atoms with Gasteiger partial charge in [0.15, 0.2) is 9.84 Å². The third kappa shape index (κ3) is 5.10. The number of methoxy groups -OCH3 is 1. The Morgan fingerprint density at radius 2 is 1.81 bits per heavy atom. The van der Waals surface area contributed by atoms with E-state index in [-0.39, 0.29) is 17.2 Å². The standard InChI is InChI=1S/C32H39N5O4S/c1-5-42(39,40)24-13-8-21(9-14-24)19-33-31(38)37-20-32(16-6-7-17-32)25-18-23(12-15-26(25)37)27-28(22-10-11-22)34-30(36(2)3)35-29(27)41-4/h8-9,12-15,18,22H,5-7,10-11,16-17,19-20H2,1-4H3,(H,33,38). The van der Waals surface area contributed by atoms with Crippen LogP contribution in [-0.4, -0.2) is 57.9 Å². The van der Waals surface area contributed by atoms with Gasteiger partial charge in [-0.3, -0.25) is 4.90 Å². The summed E-state index contributed by atoms with van der Waals surface area (Å²) >= 11 is 0. The van der Waals surface area contributed by atoms with Gasteiger partial charge in [-0.15, -0.1) is 0 Å². The Bertz CT molecular complexity index is 1610. The summed E-state index contributed by atoms with van der Waals surface area (Å²) in [5.74, 6) is 1.70. The third-order valence-corrected chi connectivity index (χ3v) is 10.7. The number of sulfone groups is 1. The van der Waals surface area contributed by atoms with Crippen molar-refractivity contribution in [2.24, 2.45) is 0 Å². The van der Waals surface area contributed by atoms with Crippen LogP contribution in [0.4, 0.5) is 16.4 Å². The van der Waals surface area contributed by atoms with E-state index in [0.717, 1.165) is 66.6 Å². The van der Waals surface area contributed by atoms with Gasteiger partial charge in [0.05, 0.1) is 29.0 Å². The van der Waals surface area contributed by atoms with E-state index < -0.39 is 9.84 Å². The molecule has 2 fully saturated rings. The molecule has 2 amide bonds. The van der Waals surface area contributed by atoms with E-state index in [4.69, 9.17) is 14.7 Å². The van der Waals surface area contributed by atoms with Crippen molar-refractivity contribution < 1.29 is 17.9 Å². The lowest BCUT2D eigenvalue weighted by Gasteiger charge is -2.25. The molecule has 3 aliphatic rings. The van der Waals surface area contributed by atoms with E-state index in [0.29, 0.717) is 35.7 Å². The fourth-order valence-electron chi connectivity index (χ4n) is 6.46. The number of carbonyl (C=O) groups excluding carboxylic acids is 1. The Labute approximate surface area is 248 Å². The van der Waals surface area contributed by atoms with Gasteiger partial charge in [-0.2, -0.15) is 4.98 Å². The van der Waals surface area contributed by atoms with Crippen LogP contribution in [0.2, 0.25) is 0 Å². The van der Waals surface area contributed by atoms with Crippen LogP contribution in [0.1, 0.15) is 68.2 Å². The Morgan fingerprint density at radius 1 is 1.10 bits per heavy atom. The van der Waals surface area contributed by atoms with Crippen LogP contribution in [-0.2, 0) is 21.8 Å². The fraction of sp³-hybridized carbons (Fsp3) is 0.469. The molecular formula is C32H39N5O4S. The van der Waals surface area contributed by atoms with Crippen molar-refractivity contribution in [3.05, 3.63) is 59.3 Å². The molecule has 0 unspecified atom stereocenters. The Morgan fingerprint density at radius 3 is 2.43 bits per heavy atom. The van der Waals surface area contributed by atoms with Gasteiger partial charge in [0, 0.05) is 44.2 Å². The highest BCUT2D eigenvalue weighted by Crippen LogP contribution is 2.53. The van der Waals surface area contributed by atoms with Crippen LogP contribution in [0.25, 0.3) is 11.1 Å². The normalized spacial score (nSPS) is 17.4. The van der Waals surface area contributed by atoms with Crippen molar-refractivity contribution in [3.8, 4) is 17.0 Å². The highest BCUT2D eigenvalue weighted by Gasteiger charge is 2.46. The zero-order valence-electron chi connectivity index (χ0n) is 24.8. The summed E-state index contributed by atoms with van der Waals surface area (Å²) < 4.78 is 30.1. The Hall–Kier alpha value is -3.66. The van der Waals surface area contributed by atoms with Gasteiger partial charge in [-0.25, -0.2) is 18.2 Å². The highest BCUT2D eigenvalue weighted by molar-refractivity contribution is 7.91. The van der Waals surface area contributed by atoms with Crippen LogP contribution >= 0.6 is 0 Å². The molecule has 1 spiro atoms. The van der Waals surface area contributed by atoms with Crippen molar-refractivity contribution >= 4 is 27.5 Å². The maximum absolute atomic E-state index is 13.6. The van der Waals surface area contributed by atoms with Gasteiger partial charge in [0.2, 0.25) is 11.8 Å². The van der Waals surface area contributed by atoms with E-state index in [9.17, 15) is 13.2 Å². The number of rotatable bonds is 8. The Kier molecular flexibility index (Phi) is 7.37. The van der Waals surface area contributed by atoms with Crippen LogP contribution in [0.3, 0.4) is 0 Å². The maximum Gasteiger partial charge on any atom is 0.322 e. The van der Waals surface area contributed by atoms with Crippen molar-refractivity contribution in [3.63, 3.8) is 0 Å². The second kappa shape index (κ2) is 10.9. The number of nitrogens with zero attached hydrogens (tertiary/aromatic N) is 4. The number of urea groups is 1. The number of fused-ring (bicyclic) bond motifs is 2. The third-order valence-electron chi connectivity index (χ3n) is 8.97. The van der Waals surface area contributed by atoms with Crippen molar-refractivity contribution in [2.75, 3.05) is 43.3 Å². The van der Waals surface area contributed by atoms with Gasteiger partial charge < -0.3 is 15.0 Å². The zero-order chi connectivity index (χ0) is 29.6. The largest absolute Gasteiger partial charge is 0.480 e. The first-order valence-electron chi connectivity index (χ1n) is 14.8. The number of amides is 2. The predicted molar refractivity (Wildman–Crippen MR) is 164 cm³/mol. The summed E-state index contributed by atoms with van der Waals surface area (Å²) in [5, 5.41) is 3.07. The number of hydrogen-bond donors (Lipinski definition) is 1. The molecule has 1 aromatic heterocycles. The van der Waals surface area contributed by atoms with Crippen LogP contribution < -0.4 is 19.9 Å². The van der Waals surface area contributed by atoms with Gasteiger partial charge in [-0.1, -0.05) is 38.0 Å². The second-order valence-electron chi connectivity index (χ2n) is 12.0. The topological polar surface area (TPSA) is 105 Å². The summed E-state index contributed by atoms with van der Waals surface area (Å²) in [6, 6.07) is 13.0. The molecule has 1 N–H and O–H groups in total. The van der Waals surface area contributed by atoms with E-state index in [1.165, 1.54) is 5.56 Å². The minimum Gasteiger partial charge on any atom is -0.480 e. The Balaban J connectivity index is 1.30. The maximum atomic E-state index is 13.6. The van der Waals surface area contributed by atoms with E-state index >= 15 is 0 Å². The first kappa shape index (κ1) is 28.5. The molecule has 0 saturated heterocycles. The average molecular weight is 590 g/mol. The lowest BCUT2D eigenvalue weighted by atomic mass is 9.80. The molecule has 0 radical (unpaired) electrons. The number of ether oxygens (including phenoxy) is 1. The molecule has 2 aromatic carbocycles. The van der Waals surface area contributed by atoms with E-state index in [1.807, 2.05) is 23.9 Å². The number of carbonyl (C=O) groups is 1. The predicted octanol–water partition coefficient (Wildman–Crippen LogP) is 5.43. The molecular weight excluding hydrogens is 550 g/mol. The van der Waals surface area contributed by atoms with Gasteiger partial charge >= 0.3 is 6.03 Å². The van der Waals surface area contributed by atoms with Crippen LogP contribution in [0, 0.1) is 0 Å². The second-order valence-corrected chi connectivity index (χ2v) is 14.3. The molecule has 6 rings (SSSR count). The van der Waals surface area contributed by atoms with Crippen molar-refractivity contribution in [1.82, 2.24) is 15.3 Å². The minimum absolute atomic E-state index is 0.0595. The molecule has 10 heteroatoms. The molecule has 0 atom stereocenters. The molecule has 9 nitrogen and oxygen atoms in total. The molecule has 222 valence electrons. The quantitative estimate of drug-likeness (QED) is 0.374. The number of hydrogen-bond acceptors (Lipinski definition) is 7. The fourth-order valence-corrected chi connectivity index (χ4v) is 7.34. The summed E-state index contributed by atoms with van der Waals surface area (Å²) in [6.45, 7) is 2.60. The molecule has 2 heterocycles. The SMILES string of the molecule is CCS(=O)(=O)c1ccc(CNC(=O)N2CC3(CCCC3)c3cc(-c4c(OC)nc(N(C)C)nc4C4CC4)ccc32)cc1. The monoisotopic (exact) mass is 589 g/mol. The average Bonchev–Trinajstić information content (AvgIpc) is 3.67. The number of aromatic nitrogens is 2. The summed E-state index contributed by atoms with van der Waals surface area (Å²) in [4.78, 5) is 27.3. The zero-order valence-corrected chi connectivity index (χ0v) is 25.6. The lowest BCUT2D eigenvalue weighted by molar-refractivity contribution is 0.245. The molecule has 42 heavy (non-hydrogen) atoms. The first-order chi connectivity index (χ1) is 20.2.